The summed E-state index contributed by atoms with van der Waals surface area (Å²) in [7, 11) is 0. The van der Waals surface area contributed by atoms with Crippen molar-refractivity contribution in [2.75, 3.05) is 26.2 Å². The largest absolute Gasteiger partial charge is 0.394 e. The third kappa shape index (κ3) is 5.83. The number of nitrogens with zero attached hydrogens (tertiary/aromatic N) is 1. The SMILES string of the molecule is CCCN(CCCC(C)(N)CO)CC1CC1. The molecule has 0 aliphatic heterocycles. The molecule has 1 aliphatic rings. The molecule has 1 saturated carbocycles. The van der Waals surface area contributed by atoms with E-state index in [0.29, 0.717) is 0 Å². The van der Waals surface area contributed by atoms with Gasteiger partial charge in [0.25, 0.3) is 0 Å². The Kier molecular flexibility index (Phi) is 5.73. The molecule has 0 saturated heterocycles. The lowest BCUT2D eigenvalue weighted by Crippen LogP contribution is -2.41. The number of aliphatic hydroxyl groups excluding tert-OH is 1. The number of nitrogens with two attached hydrogens (primary N) is 1. The Hall–Kier alpha value is -0.120. The molecule has 1 fully saturated rings. The molecule has 3 heteroatoms. The van der Waals surface area contributed by atoms with E-state index in [9.17, 15) is 0 Å². The molecule has 3 N–H and O–H groups in total. The summed E-state index contributed by atoms with van der Waals surface area (Å²) in [5, 5.41) is 9.08. The second-order valence-corrected chi connectivity index (χ2v) is 5.66. The maximum atomic E-state index is 9.08. The van der Waals surface area contributed by atoms with E-state index in [1.165, 1.54) is 32.4 Å². The van der Waals surface area contributed by atoms with Crippen LogP contribution in [0, 0.1) is 5.92 Å². The predicted molar refractivity (Wildman–Crippen MR) is 68.4 cm³/mol. The van der Waals surface area contributed by atoms with Gasteiger partial charge in [-0.1, -0.05) is 6.92 Å². The van der Waals surface area contributed by atoms with Crippen molar-refractivity contribution in [1.82, 2.24) is 4.90 Å². The van der Waals surface area contributed by atoms with E-state index in [1.54, 1.807) is 0 Å². The quantitative estimate of drug-likeness (QED) is 0.630. The summed E-state index contributed by atoms with van der Waals surface area (Å²) >= 11 is 0. The van der Waals surface area contributed by atoms with Crippen molar-refractivity contribution in [2.24, 2.45) is 11.7 Å². The maximum Gasteiger partial charge on any atom is 0.0608 e. The minimum Gasteiger partial charge on any atom is -0.394 e. The van der Waals surface area contributed by atoms with Crippen LogP contribution >= 0.6 is 0 Å². The number of rotatable bonds is 9. The second-order valence-electron chi connectivity index (χ2n) is 5.66. The molecule has 96 valence electrons. The van der Waals surface area contributed by atoms with Crippen LogP contribution in [0.5, 0.6) is 0 Å². The van der Waals surface area contributed by atoms with Gasteiger partial charge >= 0.3 is 0 Å². The van der Waals surface area contributed by atoms with Gasteiger partial charge in [0.1, 0.15) is 0 Å². The summed E-state index contributed by atoms with van der Waals surface area (Å²) in [4.78, 5) is 2.56. The first kappa shape index (κ1) is 13.9. The average molecular weight is 228 g/mol. The summed E-state index contributed by atoms with van der Waals surface area (Å²) in [5.41, 5.74) is 5.53. The predicted octanol–water partition coefficient (Wildman–Crippen LogP) is 1.60. The van der Waals surface area contributed by atoms with Gasteiger partial charge in [-0.25, -0.2) is 0 Å². The zero-order chi connectivity index (χ0) is 12.0. The fourth-order valence-electron chi connectivity index (χ4n) is 2.06. The molecule has 0 radical (unpaired) electrons. The lowest BCUT2D eigenvalue weighted by molar-refractivity contribution is 0.186. The van der Waals surface area contributed by atoms with Crippen LogP contribution in [-0.4, -0.2) is 41.8 Å². The highest BCUT2D eigenvalue weighted by molar-refractivity contribution is 4.80. The highest BCUT2D eigenvalue weighted by Gasteiger charge is 2.24. The summed E-state index contributed by atoms with van der Waals surface area (Å²) in [6.07, 6.45) is 6.08. The van der Waals surface area contributed by atoms with Gasteiger partial charge in [0.05, 0.1) is 6.61 Å². The molecule has 0 aromatic heterocycles. The first-order valence-corrected chi connectivity index (χ1v) is 6.69. The molecule has 0 aromatic carbocycles. The van der Waals surface area contributed by atoms with Gasteiger partial charge in [0.15, 0.2) is 0 Å². The van der Waals surface area contributed by atoms with Gasteiger partial charge in [-0.15, -0.1) is 0 Å². The lowest BCUT2D eigenvalue weighted by Gasteiger charge is -2.25. The smallest absolute Gasteiger partial charge is 0.0608 e. The van der Waals surface area contributed by atoms with Crippen molar-refractivity contribution in [3.05, 3.63) is 0 Å². The fraction of sp³-hybridized carbons (Fsp3) is 1.00. The molecule has 0 amide bonds. The van der Waals surface area contributed by atoms with Gasteiger partial charge in [0, 0.05) is 12.1 Å². The number of hydrogen-bond acceptors (Lipinski definition) is 3. The molecule has 0 heterocycles. The Morgan fingerprint density at radius 1 is 1.38 bits per heavy atom. The van der Waals surface area contributed by atoms with E-state index in [-0.39, 0.29) is 6.61 Å². The van der Waals surface area contributed by atoms with Crippen molar-refractivity contribution in [2.45, 2.75) is 51.5 Å². The molecule has 3 nitrogen and oxygen atoms in total. The van der Waals surface area contributed by atoms with Crippen LogP contribution in [0.1, 0.15) is 46.0 Å². The summed E-state index contributed by atoms with van der Waals surface area (Å²) < 4.78 is 0. The first-order valence-electron chi connectivity index (χ1n) is 6.69. The van der Waals surface area contributed by atoms with E-state index >= 15 is 0 Å². The van der Waals surface area contributed by atoms with Crippen LogP contribution in [0.4, 0.5) is 0 Å². The molecule has 0 aromatic rings. The van der Waals surface area contributed by atoms with Crippen LogP contribution in [0.2, 0.25) is 0 Å². The zero-order valence-corrected chi connectivity index (χ0v) is 10.9. The Balaban J connectivity index is 2.15. The monoisotopic (exact) mass is 228 g/mol. The molecule has 1 aliphatic carbocycles. The summed E-state index contributed by atoms with van der Waals surface area (Å²) in [6, 6.07) is 0. The topological polar surface area (TPSA) is 49.5 Å². The molecular weight excluding hydrogens is 200 g/mol. The third-order valence-electron chi connectivity index (χ3n) is 3.34. The highest BCUT2D eigenvalue weighted by atomic mass is 16.3. The van der Waals surface area contributed by atoms with Crippen LogP contribution in [0.25, 0.3) is 0 Å². The standard InChI is InChI=1S/C13H28N2O/c1-3-8-15(10-12-5-6-12)9-4-7-13(2,14)11-16/h12,16H,3-11,14H2,1-2H3. The van der Waals surface area contributed by atoms with E-state index in [4.69, 9.17) is 10.8 Å². The Morgan fingerprint density at radius 3 is 2.56 bits per heavy atom. The van der Waals surface area contributed by atoms with Crippen LogP contribution < -0.4 is 5.73 Å². The van der Waals surface area contributed by atoms with Gasteiger partial charge in [-0.2, -0.15) is 0 Å². The number of hydrogen-bond donors (Lipinski definition) is 2. The van der Waals surface area contributed by atoms with Crippen molar-refractivity contribution >= 4 is 0 Å². The Labute approximate surface area is 100 Å². The molecule has 16 heavy (non-hydrogen) atoms. The highest BCUT2D eigenvalue weighted by Crippen LogP contribution is 2.29. The van der Waals surface area contributed by atoms with Crippen LogP contribution in [0.15, 0.2) is 0 Å². The average Bonchev–Trinajstić information content (AvgIpc) is 3.02. The van der Waals surface area contributed by atoms with E-state index < -0.39 is 5.54 Å². The third-order valence-corrected chi connectivity index (χ3v) is 3.34. The molecule has 1 atom stereocenters. The molecule has 0 bridgehead atoms. The van der Waals surface area contributed by atoms with Crippen LogP contribution in [-0.2, 0) is 0 Å². The minimum atomic E-state index is -0.391. The zero-order valence-electron chi connectivity index (χ0n) is 10.9. The second kappa shape index (κ2) is 6.58. The molecule has 0 spiro atoms. The summed E-state index contributed by atoms with van der Waals surface area (Å²) in [6.45, 7) is 7.87. The van der Waals surface area contributed by atoms with Crippen molar-refractivity contribution in [3.8, 4) is 0 Å². The fourth-order valence-corrected chi connectivity index (χ4v) is 2.06. The van der Waals surface area contributed by atoms with Gasteiger partial charge in [-0.3, -0.25) is 0 Å². The Morgan fingerprint density at radius 2 is 2.06 bits per heavy atom. The Bertz CT molecular complexity index is 190. The van der Waals surface area contributed by atoms with Crippen molar-refractivity contribution in [3.63, 3.8) is 0 Å². The molecule has 1 unspecified atom stereocenters. The van der Waals surface area contributed by atoms with Crippen molar-refractivity contribution in [1.29, 1.82) is 0 Å². The maximum absolute atomic E-state index is 9.08. The van der Waals surface area contributed by atoms with Gasteiger partial charge < -0.3 is 15.7 Å². The van der Waals surface area contributed by atoms with Gasteiger partial charge in [0.2, 0.25) is 0 Å². The lowest BCUT2D eigenvalue weighted by atomic mass is 9.98. The van der Waals surface area contributed by atoms with E-state index in [0.717, 1.165) is 25.3 Å². The summed E-state index contributed by atoms with van der Waals surface area (Å²) in [5.74, 6) is 0.966. The normalized spacial score (nSPS) is 20.1. The first-order chi connectivity index (χ1) is 7.57. The van der Waals surface area contributed by atoms with Crippen molar-refractivity contribution < 1.29 is 5.11 Å². The molecule has 1 rings (SSSR count). The number of aliphatic hydroxyl groups is 1. The van der Waals surface area contributed by atoms with E-state index in [2.05, 4.69) is 11.8 Å². The molecular formula is C13H28N2O. The van der Waals surface area contributed by atoms with Crippen LogP contribution in [0.3, 0.4) is 0 Å². The van der Waals surface area contributed by atoms with Gasteiger partial charge in [-0.05, 0) is 58.0 Å². The minimum absolute atomic E-state index is 0.0867. The van der Waals surface area contributed by atoms with E-state index in [1.807, 2.05) is 6.92 Å².